The molecule has 25 heavy (non-hydrogen) atoms. The lowest BCUT2D eigenvalue weighted by atomic mass is 10.1. The summed E-state index contributed by atoms with van der Waals surface area (Å²) in [7, 11) is 3.65. The quantitative estimate of drug-likeness (QED) is 0.606. The van der Waals surface area contributed by atoms with Crippen molar-refractivity contribution in [3.8, 4) is 0 Å². The number of carbonyl (C=O) groups is 1. The Morgan fingerprint density at radius 2 is 2.00 bits per heavy atom. The van der Waals surface area contributed by atoms with E-state index in [0.29, 0.717) is 37.2 Å². The average molecular weight is 346 g/mol. The molecular formula is C17H22N4O4. The second kappa shape index (κ2) is 7.20. The van der Waals surface area contributed by atoms with Gasteiger partial charge in [-0.2, -0.15) is 0 Å². The fourth-order valence-electron chi connectivity index (χ4n) is 3.12. The van der Waals surface area contributed by atoms with E-state index in [-0.39, 0.29) is 11.6 Å². The molecule has 1 aliphatic heterocycles. The van der Waals surface area contributed by atoms with Crippen LogP contribution in [0.4, 0.5) is 5.69 Å². The number of likely N-dealkylation sites (N-methyl/N-ethyl adjacent to an activating group) is 1. The van der Waals surface area contributed by atoms with Gasteiger partial charge in [-0.3, -0.25) is 14.9 Å². The van der Waals surface area contributed by atoms with Crippen LogP contribution in [0, 0.1) is 10.1 Å². The molecule has 0 radical (unpaired) electrons. The standard InChI is InChI=1S/C17H22N4O4/c1-18-5-7-19(8-6-18)17(22)15-12-20(9-10-25-2)16-4-3-13(21(23)24)11-14(15)16/h3-4,11-12H,5-10H2,1-2H3. The number of piperazine rings is 1. The number of methoxy groups -OCH3 is 1. The molecule has 8 nitrogen and oxygen atoms in total. The van der Waals surface area contributed by atoms with Crippen molar-refractivity contribution in [3.05, 3.63) is 40.1 Å². The smallest absolute Gasteiger partial charge is 0.270 e. The number of rotatable bonds is 5. The molecule has 3 rings (SSSR count). The second-order valence-corrected chi connectivity index (χ2v) is 6.28. The lowest BCUT2D eigenvalue weighted by Gasteiger charge is -2.32. The summed E-state index contributed by atoms with van der Waals surface area (Å²) in [5.74, 6) is -0.0743. The van der Waals surface area contributed by atoms with Crippen molar-refractivity contribution in [2.45, 2.75) is 6.54 Å². The van der Waals surface area contributed by atoms with Gasteiger partial charge in [0, 0.05) is 69.1 Å². The van der Waals surface area contributed by atoms with E-state index >= 15 is 0 Å². The summed E-state index contributed by atoms with van der Waals surface area (Å²) in [5.41, 5.74) is 1.31. The van der Waals surface area contributed by atoms with Gasteiger partial charge in [-0.05, 0) is 13.1 Å². The molecule has 0 spiro atoms. The Morgan fingerprint density at radius 3 is 2.64 bits per heavy atom. The van der Waals surface area contributed by atoms with Crippen LogP contribution in [0.3, 0.4) is 0 Å². The zero-order chi connectivity index (χ0) is 18.0. The fraction of sp³-hybridized carbons (Fsp3) is 0.471. The van der Waals surface area contributed by atoms with Crippen LogP contribution in [-0.2, 0) is 11.3 Å². The predicted molar refractivity (Wildman–Crippen MR) is 93.9 cm³/mol. The van der Waals surface area contributed by atoms with E-state index in [2.05, 4.69) is 4.90 Å². The minimum Gasteiger partial charge on any atom is -0.383 e. The van der Waals surface area contributed by atoms with E-state index in [4.69, 9.17) is 4.74 Å². The van der Waals surface area contributed by atoms with Crippen LogP contribution >= 0.6 is 0 Å². The predicted octanol–water partition coefficient (Wildman–Crippen LogP) is 1.58. The first-order valence-corrected chi connectivity index (χ1v) is 8.25. The van der Waals surface area contributed by atoms with Crippen molar-refractivity contribution in [1.29, 1.82) is 0 Å². The molecule has 0 atom stereocenters. The highest BCUT2D eigenvalue weighted by Gasteiger charge is 2.24. The number of aromatic nitrogens is 1. The minimum atomic E-state index is -0.434. The molecule has 1 aliphatic rings. The van der Waals surface area contributed by atoms with E-state index in [0.717, 1.165) is 18.6 Å². The molecule has 1 amide bonds. The van der Waals surface area contributed by atoms with Gasteiger partial charge < -0.3 is 19.1 Å². The summed E-state index contributed by atoms with van der Waals surface area (Å²) in [6.07, 6.45) is 1.79. The topological polar surface area (TPSA) is 80.8 Å². The molecule has 0 aliphatic carbocycles. The van der Waals surface area contributed by atoms with E-state index in [1.807, 2.05) is 16.5 Å². The van der Waals surface area contributed by atoms with Crippen LogP contribution in [0.5, 0.6) is 0 Å². The van der Waals surface area contributed by atoms with Crippen molar-refractivity contribution < 1.29 is 14.5 Å². The number of nitro benzene ring substituents is 1. The summed E-state index contributed by atoms with van der Waals surface area (Å²) in [6, 6.07) is 4.65. The summed E-state index contributed by atoms with van der Waals surface area (Å²) >= 11 is 0. The van der Waals surface area contributed by atoms with Crippen LogP contribution in [-0.4, -0.2) is 72.1 Å². The summed E-state index contributed by atoms with van der Waals surface area (Å²) in [5, 5.41) is 11.7. The van der Waals surface area contributed by atoms with Gasteiger partial charge in [-0.1, -0.05) is 0 Å². The van der Waals surface area contributed by atoms with Crippen LogP contribution in [0.1, 0.15) is 10.4 Å². The average Bonchev–Trinajstić information content (AvgIpc) is 2.97. The summed E-state index contributed by atoms with van der Waals surface area (Å²) in [6.45, 7) is 4.07. The van der Waals surface area contributed by atoms with Gasteiger partial charge in [0.25, 0.3) is 11.6 Å². The molecule has 0 saturated carbocycles. The number of fused-ring (bicyclic) bond motifs is 1. The van der Waals surface area contributed by atoms with Crippen molar-refractivity contribution in [3.63, 3.8) is 0 Å². The molecule has 1 fully saturated rings. The first-order valence-electron chi connectivity index (χ1n) is 8.25. The van der Waals surface area contributed by atoms with E-state index < -0.39 is 4.92 Å². The third-order valence-electron chi connectivity index (χ3n) is 4.63. The maximum Gasteiger partial charge on any atom is 0.270 e. The SMILES string of the molecule is COCCn1cc(C(=O)N2CCN(C)CC2)c2cc([N+](=O)[O-])ccc21. The lowest BCUT2D eigenvalue weighted by molar-refractivity contribution is -0.384. The number of nitro groups is 1. The molecule has 1 saturated heterocycles. The summed E-state index contributed by atoms with van der Waals surface area (Å²) in [4.78, 5) is 27.7. The van der Waals surface area contributed by atoms with Gasteiger partial charge in [0.2, 0.25) is 0 Å². The number of non-ortho nitro benzene ring substituents is 1. The number of nitrogens with zero attached hydrogens (tertiary/aromatic N) is 4. The molecular weight excluding hydrogens is 324 g/mol. The van der Waals surface area contributed by atoms with Gasteiger partial charge in [-0.25, -0.2) is 0 Å². The number of amides is 1. The Bertz CT molecular complexity index is 793. The highest BCUT2D eigenvalue weighted by atomic mass is 16.6. The second-order valence-electron chi connectivity index (χ2n) is 6.28. The fourth-order valence-corrected chi connectivity index (χ4v) is 3.12. The van der Waals surface area contributed by atoms with Crippen molar-refractivity contribution in [1.82, 2.24) is 14.4 Å². The van der Waals surface area contributed by atoms with Gasteiger partial charge in [0.15, 0.2) is 0 Å². The van der Waals surface area contributed by atoms with Crippen LogP contribution in [0.15, 0.2) is 24.4 Å². The molecule has 0 unspecified atom stereocenters. The number of carbonyl (C=O) groups excluding carboxylic acids is 1. The largest absolute Gasteiger partial charge is 0.383 e. The van der Waals surface area contributed by atoms with Gasteiger partial charge >= 0.3 is 0 Å². The third-order valence-corrected chi connectivity index (χ3v) is 4.63. The highest BCUT2D eigenvalue weighted by Crippen LogP contribution is 2.27. The number of benzene rings is 1. The molecule has 2 aromatic rings. The summed E-state index contributed by atoms with van der Waals surface area (Å²) < 4.78 is 7.05. The van der Waals surface area contributed by atoms with Crippen molar-refractivity contribution >= 4 is 22.5 Å². The van der Waals surface area contributed by atoms with Crippen LogP contribution in [0.25, 0.3) is 10.9 Å². The van der Waals surface area contributed by atoms with Crippen LogP contribution in [0.2, 0.25) is 0 Å². The van der Waals surface area contributed by atoms with Crippen molar-refractivity contribution in [2.75, 3.05) is 46.9 Å². The zero-order valence-corrected chi connectivity index (χ0v) is 14.5. The first kappa shape index (κ1) is 17.4. The molecule has 134 valence electrons. The maximum absolute atomic E-state index is 13.0. The highest BCUT2D eigenvalue weighted by molar-refractivity contribution is 6.07. The Labute approximate surface area is 145 Å². The van der Waals surface area contributed by atoms with Gasteiger partial charge in [-0.15, -0.1) is 0 Å². The Balaban J connectivity index is 2.01. The normalized spacial score (nSPS) is 15.7. The van der Waals surface area contributed by atoms with Gasteiger partial charge in [0.1, 0.15) is 0 Å². The molecule has 0 bridgehead atoms. The Hall–Kier alpha value is -2.45. The van der Waals surface area contributed by atoms with E-state index in [1.54, 1.807) is 19.4 Å². The van der Waals surface area contributed by atoms with E-state index in [1.165, 1.54) is 12.1 Å². The monoisotopic (exact) mass is 346 g/mol. The number of ether oxygens (including phenoxy) is 1. The van der Waals surface area contributed by atoms with E-state index in [9.17, 15) is 14.9 Å². The molecule has 8 heteroatoms. The Morgan fingerprint density at radius 1 is 1.28 bits per heavy atom. The number of hydrogen-bond donors (Lipinski definition) is 0. The maximum atomic E-state index is 13.0. The Kier molecular flexibility index (Phi) is 5.00. The van der Waals surface area contributed by atoms with Crippen molar-refractivity contribution in [2.24, 2.45) is 0 Å². The third kappa shape index (κ3) is 3.49. The molecule has 0 N–H and O–H groups in total. The molecule has 1 aromatic carbocycles. The lowest BCUT2D eigenvalue weighted by Crippen LogP contribution is -2.47. The number of hydrogen-bond acceptors (Lipinski definition) is 5. The minimum absolute atomic E-state index is 0.00980. The van der Waals surface area contributed by atoms with Crippen LogP contribution < -0.4 is 0 Å². The molecule has 1 aromatic heterocycles. The zero-order valence-electron chi connectivity index (χ0n) is 14.5. The van der Waals surface area contributed by atoms with Gasteiger partial charge in [0.05, 0.1) is 17.1 Å². The molecule has 2 heterocycles. The first-order chi connectivity index (χ1) is 12.0.